The van der Waals surface area contributed by atoms with Crippen molar-refractivity contribution < 1.29 is 0 Å². The third-order valence-electron chi connectivity index (χ3n) is 8.59. The molecule has 0 N–H and O–H groups in total. The number of hydrogen-bond donors (Lipinski definition) is 0. The van der Waals surface area contributed by atoms with Gasteiger partial charge in [-0.15, -0.1) is 11.3 Å². The van der Waals surface area contributed by atoms with Gasteiger partial charge in [-0.1, -0.05) is 106 Å². The van der Waals surface area contributed by atoms with E-state index in [2.05, 4.69) is 159 Å². The van der Waals surface area contributed by atoms with Crippen LogP contribution in [0.3, 0.4) is 0 Å². The van der Waals surface area contributed by atoms with E-state index in [4.69, 9.17) is 0 Å². The average molecular weight is 558 g/mol. The zero-order valence-corrected chi connectivity index (χ0v) is 24.9. The second kappa shape index (κ2) is 9.44. The average Bonchev–Trinajstić information content (AvgIpc) is 3.56. The van der Waals surface area contributed by atoms with Gasteiger partial charge in [0.25, 0.3) is 0 Å². The van der Waals surface area contributed by atoms with E-state index in [-0.39, 0.29) is 5.41 Å². The summed E-state index contributed by atoms with van der Waals surface area (Å²) in [5.74, 6) is 0. The van der Waals surface area contributed by atoms with Gasteiger partial charge in [0.15, 0.2) is 0 Å². The normalized spacial score (nSPS) is 12.2. The Labute approximate surface area is 250 Å². The van der Waals surface area contributed by atoms with Crippen LogP contribution < -0.4 is 0 Å². The molecule has 0 fully saturated rings. The summed E-state index contributed by atoms with van der Waals surface area (Å²) in [6, 6.07) is 49.3. The molecule has 0 atom stereocenters. The van der Waals surface area contributed by atoms with Crippen molar-refractivity contribution in [2.75, 3.05) is 0 Å². The highest BCUT2D eigenvalue weighted by atomic mass is 32.1. The molecule has 2 heteroatoms. The summed E-state index contributed by atoms with van der Waals surface area (Å²) >= 11 is 1.87. The maximum absolute atomic E-state index is 2.40. The Kier molecular flexibility index (Phi) is 5.64. The fraction of sp³-hybridized carbons (Fsp3) is 0.100. The van der Waals surface area contributed by atoms with Crippen molar-refractivity contribution >= 4 is 53.3 Å². The van der Waals surface area contributed by atoms with E-state index >= 15 is 0 Å². The molecule has 0 spiro atoms. The molecule has 0 bridgehead atoms. The van der Waals surface area contributed by atoms with Crippen molar-refractivity contribution in [1.29, 1.82) is 0 Å². The molecule has 42 heavy (non-hydrogen) atoms. The van der Waals surface area contributed by atoms with Crippen molar-refractivity contribution in [1.82, 2.24) is 4.57 Å². The number of benzene rings is 6. The summed E-state index contributed by atoms with van der Waals surface area (Å²) < 4.78 is 5.08. The molecule has 0 saturated carbocycles. The van der Waals surface area contributed by atoms with E-state index in [9.17, 15) is 0 Å². The van der Waals surface area contributed by atoms with Gasteiger partial charge in [0.05, 0.1) is 11.0 Å². The van der Waals surface area contributed by atoms with Gasteiger partial charge in [0.2, 0.25) is 0 Å². The lowest BCUT2D eigenvalue weighted by atomic mass is 9.86. The lowest BCUT2D eigenvalue weighted by Gasteiger charge is -2.19. The highest BCUT2D eigenvalue weighted by Gasteiger charge is 2.15. The van der Waals surface area contributed by atoms with Crippen LogP contribution in [0.5, 0.6) is 0 Å². The summed E-state index contributed by atoms with van der Waals surface area (Å²) in [6.45, 7) is 6.78. The van der Waals surface area contributed by atoms with Crippen molar-refractivity contribution in [2.24, 2.45) is 0 Å². The Morgan fingerprint density at radius 3 is 1.74 bits per heavy atom. The van der Waals surface area contributed by atoms with Crippen LogP contribution >= 0.6 is 11.3 Å². The summed E-state index contributed by atoms with van der Waals surface area (Å²) in [6.07, 6.45) is 0. The molecule has 0 aliphatic carbocycles. The Hall–Kier alpha value is -4.66. The lowest BCUT2D eigenvalue weighted by Crippen LogP contribution is -2.10. The Morgan fingerprint density at radius 1 is 0.452 bits per heavy atom. The fourth-order valence-electron chi connectivity index (χ4n) is 6.30. The Balaban J connectivity index is 1.22. The first-order valence-electron chi connectivity index (χ1n) is 14.6. The van der Waals surface area contributed by atoms with Crippen LogP contribution in [0.4, 0.5) is 0 Å². The number of aromatic nitrogens is 1. The molecule has 202 valence electrons. The van der Waals surface area contributed by atoms with Gasteiger partial charge in [-0.05, 0) is 81.8 Å². The van der Waals surface area contributed by atoms with Crippen LogP contribution in [0.1, 0.15) is 26.3 Å². The minimum Gasteiger partial charge on any atom is -0.309 e. The molecular formula is C40H31NS. The number of nitrogens with zero attached hydrogens (tertiary/aromatic N) is 1. The predicted molar refractivity (Wildman–Crippen MR) is 183 cm³/mol. The number of hydrogen-bond acceptors (Lipinski definition) is 1. The minimum atomic E-state index is 0.157. The zero-order valence-electron chi connectivity index (χ0n) is 24.1. The number of para-hydroxylation sites is 1. The molecule has 0 aliphatic heterocycles. The molecule has 8 aromatic rings. The highest BCUT2D eigenvalue weighted by Crippen LogP contribution is 2.39. The monoisotopic (exact) mass is 557 g/mol. The molecule has 0 aliphatic rings. The topological polar surface area (TPSA) is 4.93 Å². The number of fused-ring (bicyclic) bond motifs is 6. The lowest BCUT2D eigenvalue weighted by molar-refractivity contribution is 0.590. The van der Waals surface area contributed by atoms with E-state index < -0.39 is 0 Å². The SMILES string of the molecule is CC(C)(C)c1ccc(-c2ccc(-n3c4ccccc4c4cc(-c5ccc6sc7ccccc7c6c5)ccc43)cc2)cc1. The summed E-state index contributed by atoms with van der Waals surface area (Å²) in [5, 5.41) is 5.23. The maximum atomic E-state index is 2.40. The van der Waals surface area contributed by atoms with Crippen LogP contribution in [0, 0.1) is 0 Å². The molecule has 0 radical (unpaired) electrons. The van der Waals surface area contributed by atoms with E-state index in [1.165, 1.54) is 75.5 Å². The Morgan fingerprint density at radius 2 is 1.00 bits per heavy atom. The van der Waals surface area contributed by atoms with Crippen LogP contribution in [-0.2, 0) is 5.41 Å². The zero-order chi connectivity index (χ0) is 28.4. The minimum absolute atomic E-state index is 0.157. The molecule has 1 nitrogen and oxygen atoms in total. The molecule has 0 saturated heterocycles. The van der Waals surface area contributed by atoms with Gasteiger partial charge in [0, 0.05) is 36.6 Å². The standard InChI is InChI=1S/C40H31NS/c1-40(2,3)30-18-12-26(13-19-30)27-14-20-31(21-15-27)41-36-10-6-4-8-32(36)34-24-28(16-22-37(34)41)29-17-23-39-35(25-29)33-9-5-7-11-38(33)42-39/h4-25H,1-3H3. The van der Waals surface area contributed by atoms with E-state index in [1.807, 2.05) is 11.3 Å². The second-order valence-electron chi connectivity index (χ2n) is 12.3. The van der Waals surface area contributed by atoms with Crippen LogP contribution in [-0.4, -0.2) is 4.57 Å². The first-order chi connectivity index (χ1) is 20.4. The highest BCUT2D eigenvalue weighted by molar-refractivity contribution is 7.25. The van der Waals surface area contributed by atoms with E-state index in [1.54, 1.807) is 0 Å². The third kappa shape index (κ3) is 4.06. The van der Waals surface area contributed by atoms with Gasteiger partial charge in [-0.25, -0.2) is 0 Å². The van der Waals surface area contributed by atoms with Gasteiger partial charge < -0.3 is 4.57 Å². The summed E-state index contributed by atoms with van der Waals surface area (Å²) in [5.41, 5.74) is 10.1. The third-order valence-corrected chi connectivity index (χ3v) is 9.74. The van der Waals surface area contributed by atoms with Crippen molar-refractivity contribution in [3.8, 4) is 27.9 Å². The molecular weight excluding hydrogens is 527 g/mol. The first-order valence-corrected chi connectivity index (χ1v) is 15.4. The smallest absolute Gasteiger partial charge is 0.0541 e. The number of rotatable bonds is 3. The van der Waals surface area contributed by atoms with Crippen molar-refractivity contribution in [3.05, 3.63) is 139 Å². The molecule has 0 amide bonds. The second-order valence-corrected chi connectivity index (χ2v) is 13.4. The molecule has 2 heterocycles. The van der Waals surface area contributed by atoms with E-state index in [0.29, 0.717) is 0 Å². The molecule has 6 aromatic carbocycles. The van der Waals surface area contributed by atoms with Crippen LogP contribution in [0.2, 0.25) is 0 Å². The molecule has 8 rings (SSSR count). The van der Waals surface area contributed by atoms with Crippen molar-refractivity contribution in [2.45, 2.75) is 26.2 Å². The van der Waals surface area contributed by atoms with E-state index in [0.717, 1.165) is 0 Å². The van der Waals surface area contributed by atoms with Crippen LogP contribution in [0.15, 0.2) is 133 Å². The van der Waals surface area contributed by atoms with Crippen LogP contribution in [0.25, 0.3) is 69.9 Å². The number of thiophene rings is 1. The predicted octanol–water partition coefficient (Wildman–Crippen LogP) is 11.8. The quantitative estimate of drug-likeness (QED) is 0.204. The van der Waals surface area contributed by atoms with Crippen molar-refractivity contribution in [3.63, 3.8) is 0 Å². The molecule has 0 unspecified atom stereocenters. The molecule has 2 aromatic heterocycles. The van der Waals surface area contributed by atoms with Gasteiger partial charge >= 0.3 is 0 Å². The summed E-state index contributed by atoms with van der Waals surface area (Å²) in [7, 11) is 0. The Bertz CT molecular complexity index is 2260. The maximum Gasteiger partial charge on any atom is 0.0541 e. The van der Waals surface area contributed by atoms with Gasteiger partial charge in [0.1, 0.15) is 0 Å². The fourth-order valence-corrected chi connectivity index (χ4v) is 7.39. The first kappa shape index (κ1) is 25.1. The van der Waals surface area contributed by atoms with Gasteiger partial charge in [-0.2, -0.15) is 0 Å². The largest absolute Gasteiger partial charge is 0.309 e. The summed E-state index contributed by atoms with van der Waals surface area (Å²) in [4.78, 5) is 0. The van der Waals surface area contributed by atoms with Gasteiger partial charge in [-0.3, -0.25) is 0 Å².